The van der Waals surface area contributed by atoms with Crippen LogP contribution in [0.1, 0.15) is 28.7 Å². The van der Waals surface area contributed by atoms with Gasteiger partial charge in [0.15, 0.2) is 5.69 Å². The van der Waals surface area contributed by atoms with Gasteiger partial charge in [-0.25, -0.2) is 4.68 Å². The van der Waals surface area contributed by atoms with Crippen LogP contribution >= 0.6 is 0 Å². The number of para-hydroxylation sites is 1. The molecule has 2 amide bonds. The van der Waals surface area contributed by atoms with Gasteiger partial charge in [-0.2, -0.15) is 0 Å². The zero-order valence-corrected chi connectivity index (χ0v) is 17.9. The number of hydrogen-bond donors (Lipinski definition) is 2. The second kappa shape index (κ2) is 9.75. The number of nitrogens with one attached hydrogen (secondary N) is 2. The van der Waals surface area contributed by atoms with E-state index in [1.165, 1.54) is 18.9 Å². The average Bonchev–Trinajstić information content (AvgIpc) is 3.13. The van der Waals surface area contributed by atoms with E-state index in [-0.39, 0.29) is 24.1 Å². The molecule has 0 aliphatic heterocycles. The standard InChI is InChI=1S/C22H25N5O4/c1-5-15-8-6-7-9-19(15)24-22(29)21-14(2)27(26-25-21)13-20(28)23-16-10-17(30-3)12-18(11-16)31-4/h6-12H,5,13H2,1-4H3,(H,23,28)(H,24,29). The molecule has 0 radical (unpaired) electrons. The number of carbonyl (C=O) groups excluding carboxylic acids is 2. The van der Waals surface area contributed by atoms with Crippen molar-refractivity contribution in [1.29, 1.82) is 0 Å². The van der Waals surface area contributed by atoms with Crippen LogP contribution in [0.15, 0.2) is 42.5 Å². The molecule has 1 heterocycles. The molecule has 3 aromatic rings. The zero-order chi connectivity index (χ0) is 22.4. The molecular weight excluding hydrogens is 398 g/mol. The molecule has 0 aliphatic rings. The highest BCUT2D eigenvalue weighted by molar-refractivity contribution is 6.04. The van der Waals surface area contributed by atoms with Crippen molar-refractivity contribution >= 4 is 23.2 Å². The minimum atomic E-state index is -0.373. The first-order chi connectivity index (χ1) is 14.9. The molecule has 0 saturated heterocycles. The Kier molecular flexibility index (Phi) is 6.86. The lowest BCUT2D eigenvalue weighted by atomic mass is 10.1. The molecule has 0 atom stereocenters. The summed E-state index contributed by atoms with van der Waals surface area (Å²) in [4.78, 5) is 25.2. The monoisotopic (exact) mass is 423 g/mol. The van der Waals surface area contributed by atoms with Crippen LogP contribution in [-0.2, 0) is 17.8 Å². The third kappa shape index (κ3) is 5.19. The van der Waals surface area contributed by atoms with Gasteiger partial charge in [0.05, 0.1) is 19.9 Å². The summed E-state index contributed by atoms with van der Waals surface area (Å²) in [5.41, 5.74) is 2.93. The first kappa shape index (κ1) is 21.8. The van der Waals surface area contributed by atoms with E-state index >= 15 is 0 Å². The van der Waals surface area contributed by atoms with Gasteiger partial charge in [0.25, 0.3) is 5.91 Å². The van der Waals surface area contributed by atoms with Crippen LogP contribution in [0.25, 0.3) is 0 Å². The number of carbonyl (C=O) groups is 2. The summed E-state index contributed by atoms with van der Waals surface area (Å²) in [6.07, 6.45) is 0.789. The number of amides is 2. The third-order valence-corrected chi connectivity index (χ3v) is 4.77. The maximum Gasteiger partial charge on any atom is 0.278 e. The second-order valence-corrected chi connectivity index (χ2v) is 6.80. The van der Waals surface area contributed by atoms with E-state index in [4.69, 9.17) is 9.47 Å². The van der Waals surface area contributed by atoms with Crippen LogP contribution < -0.4 is 20.1 Å². The molecule has 3 rings (SSSR count). The SMILES string of the molecule is CCc1ccccc1NC(=O)c1nnn(CC(=O)Nc2cc(OC)cc(OC)c2)c1C. The normalized spacial score (nSPS) is 10.5. The Morgan fingerprint density at radius 2 is 1.71 bits per heavy atom. The molecular formula is C22H25N5O4. The molecule has 0 fully saturated rings. The Balaban J connectivity index is 1.70. The number of rotatable bonds is 8. The summed E-state index contributed by atoms with van der Waals surface area (Å²) in [5.74, 6) is 0.407. The lowest BCUT2D eigenvalue weighted by molar-refractivity contribution is -0.117. The lowest BCUT2D eigenvalue weighted by Crippen LogP contribution is -2.21. The summed E-state index contributed by atoms with van der Waals surface area (Å²) in [6.45, 7) is 3.61. The van der Waals surface area contributed by atoms with Crippen molar-refractivity contribution in [1.82, 2.24) is 15.0 Å². The van der Waals surface area contributed by atoms with Crippen molar-refractivity contribution in [2.75, 3.05) is 24.9 Å². The van der Waals surface area contributed by atoms with Crippen LogP contribution in [-0.4, -0.2) is 41.0 Å². The molecule has 9 heteroatoms. The molecule has 1 aromatic heterocycles. The third-order valence-electron chi connectivity index (χ3n) is 4.77. The number of anilines is 2. The van der Waals surface area contributed by atoms with Gasteiger partial charge in [-0.05, 0) is 25.0 Å². The number of aromatic nitrogens is 3. The second-order valence-electron chi connectivity index (χ2n) is 6.80. The van der Waals surface area contributed by atoms with Gasteiger partial charge in [-0.15, -0.1) is 5.10 Å². The maximum atomic E-state index is 12.7. The highest BCUT2D eigenvalue weighted by Crippen LogP contribution is 2.25. The minimum absolute atomic E-state index is 0.100. The van der Waals surface area contributed by atoms with Crippen LogP contribution in [0.5, 0.6) is 11.5 Å². The highest BCUT2D eigenvalue weighted by atomic mass is 16.5. The Morgan fingerprint density at radius 1 is 1.03 bits per heavy atom. The van der Waals surface area contributed by atoms with E-state index in [0.717, 1.165) is 17.7 Å². The Labute approximate surface area is 180 Å². The summed E-state index contributed by atoms with van der Waals surface area (Å²) >= 11 is 0. The fourth-order valence-corrected chi connectivity index (χ4v) is 3.07. The van der Waals surface area contributed by atoms with Gasteiger partial charge >= 0.3 is 0 Å². The summed E-state index contributed by atoms with van der Waals surface area (Å²) in [7, 11) is 3.06. The molecule has 2 N–H and O–H groups in total. The fourth-order valence-electron chi connectivity index (χ4n) is 3.07. The van der Waals surface area contributed by atoms with E-state index in [2.05, 4.69) is 20.9 Å². The molecule has 0 aliphatic carbocycles. The Morgan fingerprint density at radius 3 is 2.35 bits per heavy atom. The predicted molar refractivity (Wildman–Crippen MR) is 117 cm³/mol. The summed E-state index contributed by atoms with van der Waals surface area (Å²) < 4.78 is 11.8. The van der Waals surface area contributed by atoms with Gasteiger partial charge in [0.2, 0.25) is 5.91 Å². The van der Waals surface area contributed by atoms with Crippen molar-refractivity contribution in [2.45, 2.75) is 26.8 Å². The first-order valence-electron chi connectivity index (χ1n) is 9.77. The van der Waals surface area contributed by atoms with E-state index < -0.39 is 0 Å². The van der Waals surface area contributed by atoms with Crippen LogP contribution in [0.3, 0.4) is 0 Å². The number of hydrogen-bond acceptors (Lipinski definition) is 6. The summed E-state index contributed by atoms with van der Waals surface area (Å²) in [5, 5.41) is 13.6. The molecule has 2 aromatic carbocycles. The van der Waals surface area contributed by atoms with Crippen LogP contribution in [0, 0.1) is 6.92 Å². The molecule has 0 unspecified atom stereocenters. The molecule has 9 nitrogen and oxygen atoms in total. The zero-order valence-electron chi connectivity index (χ0n) is 17.9. The molecule has 0 saturated carbocycles. The van der Waals surface area contributed by atoms with Crippen molar-refractivity contribution in [3.8, 4) is 11.5 Å². The van der Waals surface area contributed by atoms with Gasteiger partial charge in [-0.1, -0.05) is 30.3 Å². The number of benzene rings is 2. The minimum Gasteiger partial charge on any atom is -0.497 e. The Bertz CT molecular complexity index is 1070. The molecule has 0 bridgehead atoms. The average molecular weight is 423 g/mol. The fraction of sp³-hybridized carbons (Fsp3) is 0.273. The highest BCUT2D eigenvalue weighted by Gasteiger charge is 2.19. The number of ether oxygens (including phenoxy) is 2. The van der Waals surface area contributed by atoms with E-state index in [1.807, 2.05) is 31.2 Å². The molecule has 0 spiro atoms. The van der Waals surface area contributed by atoms with Crippen LogP contribution in [0.2, 0.25) is 0 Å². The van der Waals surface area contributed by atoms with Crippen molar-refractivity contribution in [3.63, 3.8) is 0 Å². The molecule has 31 heavy (non-hydrogen) atoms. The lowest BCUT2D eigenvalue weighted by Gasteiger charge is -2.10. The van der Waals surface area contributed by atoms with Crippen molar-refractivity contribution in [3.05, 3.63) is 59.4 Å². The van der Waals surface area contributed by atoms with Crippen molar-refractivity contribution in [2.24, 2.45) is 0 Å². The van der Waals surface area contributed by atoms with Gasteiger partial charge in [-0.3, -0.25) is 9.59 Å². The maximum absolute atomic E-state index is 12.7. The van der Waals surface area contributed by atoms with Crippen molar-refractivity contribution < 1.29 is 19.1 Å². The van der Waals surface area contributed by atoms with Gasteiger partial charge in [0.1, 0.15) is 18.0 Å². The number of aryl methyl sites for hydroxylation is 1. The predicted octanol–water partition coefficient (Wildman–Crippen LogP) is 3.06. The molecule has 162 valence electrons. The first-order valence-corrected chi connectivity index (χ1v) is 9.77. The van der Waals surface area contributed by atoms with Crippen LogP contribution in [0.4, 0.5) is 11.4 Å². The van der Waals surface area contributed by atoms with E-state index in [9.17, 15) is 9.59 Å². The number of nitrogens with zero attached hydrogens (tertiary/aromatic N) is 3. The van der Waals surface area contributed by atoms with Gasteiger partial charge in [0, 0.05) is 29.6 Å². The summed E-state index contributed by atoms with van der Waals surface area (Å²) in [6, 6.07) is 12.6. The topological polar surface area (TPSA) is 107 Å². The largest absolute Gasteiger partial charge is 0.497 e. The smallest absolute Gasteiger partial charge is 0.278 e. The van der Waals surface area contributed by atoms with E-state index in [0.29, 0.717) is 22.9 Å². The van der Waals surface area contributed by atoms with Gasteiger partial charge < -0.3 is 20.1 Å². The quantitative estimate of drug-likeness (QED) is 0.577. The Hall–Kier alpha value is -3.88. The van der Waals surface area contributed by atoms with E-state index in [1.54, 1.807) is 25.1 Å². The number of methoxy groups -OCH3 is 2.